The lowest BCUT2D eigenvalue weighted by molar-refractivity contribution is -0.120. The average molecular weight is 505 g/mol. The van der Waals surface area contributed by atoms with Gasteiger partial charge < -0.3 is 10.1 Å². The maximum atomic E-state index is 13.6. The molecule has 0 unspecified atom stereocenters. The van der Waals surface area contributed by atoms with Crippen LogP contribution in [0.3, 0.4) is 0 Å². The molecular formula is C25H27F3N4O2S. The molecule has 3 aromatic rings. The number of aromatic nitrogens is 3. The van der Waals surface area contributed by atoms with Gasteiger partial charge in [-0.05, 0) is 48.9 Å². The maximum absolute atomic E-state index is 13.6. The predicted octanol–water partition coefficient (Wildman–Crippen LogP) is 4.94. The van der Waals surface area contributed by atoms with Gasteiger partial charge in [0.05, 0.1) is 29.6 Å². The van der Waals surface area contributed by atoms with Crippen LogP contribution in [0.15, 0.2) is 35.8 Å². The monoisotopic (exact) mass is 504 g/mol. The van der Waals surface area contributed by atoms with Gasteiger partial charge in [0.1, 0.15) is 10.8 Å². The molecule has 1 N–H and O–H groups in total. The van der Waals surface area contributed by atoms with Crippen LogP contribution in [0.2, 0.25) is 0 Å². The minimum absolute atomic E-state index is 0.0753. The molecule has 1 saturated heterocycles. The van der Waals surface area contributed by atoms with Crippen LogP contribution in [0.5, 0.6) is 0 Å². The minimum Gasteiger partial charge on any atom is -0.381 e. The summed E-state index contributed by atoms with van der Waals surface area (Å²) in [6.07, 6.45) is 3.44. The lowest BCUT2D eigenvalue weighted by Crippen LogP contribution is -2.37. The summed E-state index contributed by atoms with van der Waals surface area (Å²) >= 11 is 1.40. The standard InChI is InChI=1S/C25H27F3N4O2S/c26-19-3-1-18(2-4-19)23-21(13-30-32(23)14-17-10-25(27,28)11-17)24-31-20(15-35-24)9-22(33)29-12-16-5-7-34-8-6-16/h1-4,13,15-17H,5-12,14H2,(H,29,33). The summed E-state index contributed by atoms with van der Waals surface area (Å²) in [7, 11) is 0. The molecule has 1 aromatic carbocycles. The molecule has 10 heteroatoms. The molecule has 1 aliphatic heterocycles. The molecule has 3 heterocycles. The number of carbonyl (C=O) groups is 1. The number of alkyl halides is 2. The van der Waals surface area contributed by atoms with Crippen molar-refractivity contribution < 1.29 is 22.7 Å². The van der Waals surface area contributed by atoms with E-state index in [-0.39, 0.29) is 36.9 Å². The van der Waals surface area contributed by atoms with Crippen molar-refractivity contribution in [1.29, 1.82) is 0 Å². The Balaban J connectivity index is 1.31. The number of hydrogen-bond donors (Lipinski definition) is 1. The highest BCUT2D eigenvalue weighted by Gasteiger charge is 2.45. The maximum Gasteiger partial charge on any atom is 0.248 e. The number of halogens is 3. The van der Waals surface area contributed by atoms with E-state index in [1.807, 2.05) is 5.38 Å². The van der Waals surface area contributed by atoms with Gasteiger partial charge in [0, 0.05) is 50.1 Å². The lowest BCUT2D eigenvalue weighted by atomic mass is 9.81. The molecule has 1 saturated carbocycles. The van der Waals surface area contributed by atoms with Gasteiger partial charge in [0.2, 0.25) is 11.8 Å². The van der Waals surface area contributed by atoms with E-state index in [1.165, 1.54) is 23.5 Å². The first-order chi connectivity index (χ1) is 16.9. The van der Waals surface area contributed by atoms with Crippen molar-refractivity contribution in [3.05, 3.63) is 47.4 Å². The van der Waals surface area contributed by atoms with Crippen molar-refractivity contribution in [2.75, 3.05) is 19.8 Å². The number of rotatable bonds is 8. The number of nitrogens with one attached hydrogen (secondary N) is 1. The van der Waals surface area contributed by atoms with Crippen LogP contribution >= 0.6 is 11.3 Å². The highest BCUT2D eigenvalue weighted by molar-refractivity contribution is 7.13. The van der Waals surface area contributed by atoms with Crippen molar-refractivity contribution in [3.8, 4) is 21.8 Å². The van der Waals surface area contributed by atoms with Crippen molar-refractivity contribution in [3.63, 3.8) is 0 Å². The van der Waals surface area contributed by atoms with Crippen LogP contribution in [-0.2, 0) is 22.5 Å². The van der Waals surface area contributed by atoms with Crippen molar-refractivity contribution in [2.45, 2.75) is 44.6 Å². The first-order valence-electron chi connectivity index (χ1n) is 11.8. The summed E-state index contributed by atoms with van der Waals surface area (Å²) in [5, 5.41) is 9.99. The van der Waals surface area contributed by atoms with E-state index in [0.29, 0.717) is 35.4 Å². The van der Waals surface area contributed by atoms with Gasteiger partial charge in [-0.3, -0.25) is 9.48 Å². The highest BCUT2D eigenvalue weighted by atomic mass is 32.1. The van der Waals surface area contributed by atoms with E-state index in [0.717, 1.165) is 37.2 Å². The smallest absolute Gasteiger partial charge is 0.248 e. The Hall–Kier alpha value is -2.72. The molecule has 186 valence electrons. The van der Waals surface area contributed by atoms with Crippen molar-refractivity contribution in [2.24, 2.45) is 11.8 Å². The molecule has 1 aliphatic carbocycles. The van der Waals surface area contributed by atoms with E-state index in [9.17, 15) is 18.0 Å². The van der Waals surface area contributed by atoms with Crippen LogP contribution in [-0.4, -0.2) is 46.4 Å². The number of nitrogens with zero attached hydrogens (tertiary/aromatic N) is 3. The van der Waals surface area contributed by atoms with Gasteiger partial charge in [-0.25, -0.2) is 18.2 Å². The minimum atomic E-state index is -2.60. The lowest BCUT2D eigenvalue weighted by Gasteiger charge is -2.35. The molecule has 35 heavy (non-hydrogen) atoms. The zero-order valence-electron chi connectivity index (χ0n) is 19.2. The number of benzene rings is 1. The Morgan fingerprint density at radius 1 is 1.17 bits per heavy atom. The molecule has 2 aliphatic rings. The number of thiazole rings is 1. The normalized spacial score (nSPS) is 18.4. The Labute approximate surface area is 205 Å². The summed E-state index contributed by atoms with van der Waals surface area (Å²) in [5.74, 6) is -2.76. The Kier molecular flexibility index (Phi) is 6.93. The Morgan fingerprint density at radius 2 is 1.91 bits per heavy atom. The third-order valence-electron chi connectivity index (χ3n) is 6.62. The first kappa shape index (κ1) is 24.0. The Bertz CT molecular complexity index is 1160. The highest BCUT2D eigenvalue weighted by Crippen LogP contribution is 2.44. The van der Waals surface area contributed by atoms with Crippen LogP contribution in [0.4, 0.5) is 13.2 Å². The largest absolute Gasteiger partial charge is 0.381 e. The Morgan fingerprint density at radius 3 is 2.63 bits per heavy atom. The first-order valence-corrected chi connectivity index (χ1v) is 12.7. The number of ether oxygens (including phenoxy) is 1. The quantitative estimate of drug-likeness (QED) is 0.472. The third kappa shape index (κ3) is 5.75. The van der Waals surface area contributed by atoms with Gasteiger partial charge in [-0.1, -0.05) is 0 Å². The summed E-state index contributed by atoms with van der Waals surface area (Å²) in [6, 6.07) is 6.04. The second kappa shape index (κ2) is 10.1. The summed E-state index contributed by atoms with van der Waals surface area (Å²) in [4.78, 5) is 17.1. The van der Waals surface area contributed by atoms with Gasteiger partial charge in [0.25, 0.3) is 0 Å². The van der Waals surface area contributed by atoms with E-state index in [1.54, 1.807) is 23.0 Å². The fourth-order valence-corrected chi connectivity index (χ4v) is 5.53. The van der Waals surface area contributed by atoms with Crippen LogP contribution in [0, 0.1) is 17.7 Å². The zero-order chi connectivity index (χ0) is 24.4. The summed E-state index contributed by atoms with van der Waals surface area (Å²) in [6.45, 7) is 2.47. The summed E-state index contributed by atoms with van der Waals surface area (Å²) in [5.41, 5.74) is 2.84. The van der Waals surface area contributed by atoms with Crippen LogP contribution in [0.25, 0.3) is 21.8 Å². The predicted molar refractivity (Wildman–Crippen MR) is 127 cm³/mol. The second-order valence-corrected chi connectivity index (χ2v) is 10.3. The van der Waals surface area contributed by atoms with E-state index in [2.05, 4.69) is 15.4 Å². The van der Waals surface area contributed by atoms with Gasteiger partial charge in [0.15, 0.2) is 0 Å². The summed E-state index contributed by atoms with van der Waals surface area (Å²) < 4.78 is 47.4. The molecular weight excluding hydrogens is 477 g/mol. The fourth-order valence-electron chi connectivity index (χ4n) is 4.70. The topological polar surface area (TPSA) is 69.0 Å². The van der Waals surface area contributed by atoms with Gasteiger partial charge in [-0.2, -0.15) is 5.10 Å². The second-order valence-electron chi connectivity index (χ2n) is 9.41. The molecule has 1 amide bonds. The number of carbonyl (C=O) groups excluding carboxylic acids is 1. The molecule has 0 spiro atoms. The molecule has 6 nitrogen and oxygen atoms in total. The molecule has 2 fully saturated rings. The van der Waals surface area contributed by atoms with Gasteiger partial charge in [-0.15, -0.1) is 11.3 Å². The van der Waals surface area contributed by atoms with Crippen LogP contribution < -0.4 is 5.32 Å². The number of amides is 1. The molecule has 0 radical (unpaired) electrons. The molecule has 0 bridgehead atoms. The van der Waals surface area contributed by atoms with Gasteiger partial charge >= 0.3 is 0 Å². The van der Waals surface area contributed by atoms with Crippen molar-refractivity contribution in [1.82, 2.24) is 20.1 Å². The molecule has 5 rings (SSSR count). The zero-order valence-corrected chi connectivity index (χ0v) is 20.0. The number of hydrogen-bond acceptors (Lipinski definition) is 5. The SMILES string of the molecule is O=C(Cc1csc(-c2cnn(CC3CC(F)(F)C3)c2-c2ccc(F)cc2)n1)NCC1CCOCC1. The average Bonchev–Trinajstić information content (AvgIpc) is 3.45. The third-order valence-corrected chi connectivity index (χ3v) is 7.54. The van der Waals surface area contributed by atoms with E-state index < -0.39 is 5.92 Å². The van der Waals surface area contributed by atoms with Crippen LogP contribution in [0.1, 0.15) is 31.4 Å². The molecule has 0 atom stereocenters. The molecule has 2 aromatic heterocycles. The van der Waals surface area contributed by atoms with Crippen molar-refractivity contribution >= 4 is 17.2 Å². The van der Waals surface area contributed by atoms with E-state index in [4.69, 9.17) is 4.74 Å². The van der Waals surface area contributed by atoms with E-state index >= 15 is 0 Å². The fraction of sp³-hybridized carbons (Fsp3) is 0.480.